The highest BCUT2D eigenvalue weighted by Gasteiger charge is 2.51. The second-order valence-corrected chi connectivity index (χ2v) is 6.22. The van der Waals surface area contributed by atoms with Gasteiger partial charge in [-0.1, -0.05) is 0 Å². The van der Waals surface area contributed by atoms with Gasteiger partial charge >= 0.3 is 5.25 Å². The predicted octanol–water partition coefficient (Wildman–Crippen LogP) is 1.76. The van der Waals surface area contributed by atoms with E-state index in [1.807, 2.05) is 0 Å². The molecule has 0 bridgehead atoms. The molecular weight excluding hydrogens is 193 g/mol. The average molecular weight is 204 g/mol. The molecular formula is C6H11F3O2S. The zero-order valence-corrected chi connectivity index (χ0v) is 7.88. The summed E-state index contributed by atoms with van der Waals surface area (Å²) in [6.07, 6.45) is 0. The van der Waals surface area contributed by atoms with Crippen molar-refractivity contribution in [1.29, 1.82) is 0 Å². The smallest absolute Gasteiger partial charge is 0.243 e. The molecule has 0 rings (SSSR count). The Morgan fingerprint density at radius 3 is 1.58 bits per heavy atom. The van der Waals surface area contributed by atoms with E-state index in [1.54, 1.807) is 0 Å². The van der Waals surface area contributed by atoms with Crippen molar-refractivity contribution in [3.8, 4) is 0 Å². The summed E-state index contributed by atoms with van der Waals surface area (Å²) in [5.74, 6) is 0. The van der Waals surface area contributed by atoms with Crippen LogP contribution in [0.4, 0.5) is 13.2 Å². The lowest BCUT2D eigenvalue weighted by molar-refractivity contribution is 0.0597. The molecule has 0 atom stereocenters. The Kier molecular flexibility index (Phi) is 2.84. The van der Waals surface area contributed by atoms with E-state index in [9.17, 15) is 21.6 Å². The fourth-order valence-corrected chi connectivity index (χ4v) is 1.56. The molecule has 0 fully saturated rings. The van der Waals surface area contributed by atoms with Crippen molar-refractivity contribution >= 4 is 9.84 Å². The van der Waals surface area contributed by atoms with E-state index < -0.39 is 26.5 Å². The molecule has 0 saturated carbocycles. The van der Waals surface area contributed by atoms with Crippen molar-refractivity contribution in [1.82, 2.24) is 0 Å². The molecule has 0 aromatic carbocycles. The largest absolute Gasteiger partial charge is 0.373 e. The summed E-state index contributed by atoms with van der Waals surface area (Å²) in [5, 5.41) is -4.27. The fraction of sp³-hybridized carbons (Fsp3) is 1.00. The number of alkyl halides is 3. The highest BCUT2D eigenvalue weighted by molar-refractivity contribution is 7.93. The van der Waals surface area contributed by atoms with Gasteiger partial charge in [0.2, 0.25) is 9.84 Å². The number of hydrogen-bond acceptors (Lipinski definition) is 2. The Balaban J connectivity index is 5.16. The monoisotopic (exact) mass is 204 g/mol. The fourth-order valence-electron chi connectivity index (χ4n) is 0.520. The van der Waals surface area contributed by atoms with Crippen LogP contribution in [0.1, 0.15) is 20.8 Å². The van der Waals surface area contributed by atoms with Crippen LogP contribution in [0.25, 0.3) is 0 Å². The summed E-state index contributed by atoms with van der Waals surface area (Å²) >= 11 is 0. The molecule has 0 spiro atoms. The third kappa shape index (κ3) is 1.73. The lowest BCUT2D eigenvalue weighted by Gasteiger charge is -2.24. The molecule has 74 valence electrons. The molecule has 0 aliphatic heterocycles. The highest BCUT2D eigenvalue weighted by Crippen LogP contribution is 2.32. The molecule has 0 radical (unpaired) electrons. The van der Waals surface area contributed by atoms with Gasteiger partial charge in [0.15, 0.2) is 6.67 Å². The van der Waals surface area contributed by atoms with Crippen molar-refractivity contribution in [3.63, 3.8) is 0 Å². The minimum atomic E-state index is -4.73. The van der Waals surface area contributed by atoms with Crippen molar-refractivity contribution in [2.45, 2.75) is 30.8 Å². The summed E-state index contributed by atoms with van der Waals surface area (Å²) in [5.41, 5.74) is 0. The van der Waals surface area contributed by atoms with Crippen LogP contribution in [-0.4, -0.2) is 25.1 Å². The first-order chi connectivity index (χ1) is 5.06. The van der Waals surface area contributed by atoms with Crippen LogP contribution in [-0.2, 0) is 9.84 Å². The van der Waals surface area contributed by atoms with Gasteiger partial charge in [0.05, 0.1) is 4.75 Å². The molecule has 0 aromatic rings. The van der Waals surface area contributed by atoms with Crippen molar-refractivity contribution in [3.05, 3.63) is 0 Å². The van der Waals surface area contributed by atoms with Crippen molar-refractivity contribution in [2.75, 3.05) is 6.67 Å². The van der Waals surface area contributed by atoms with E-state index in [0.29, 0.717) is 0 Å². The van der Waals surface area contributed by atoms with Crippen LogP contribution in [0, 0.1) is 0 Å². The topological polar surface area (TPSA) is 34.1 Å². The van der Waals surface area contributed by atoms with Crippen LogP contribution in [0.5, 0.6) is 0 Å². The van der Waals surface area contributed by atoms with Gasteiger partial charge < -0.3 is 0 Å². The van der Waals surface area contributed by atoms with E-state index in [0.717, 1.165) is 20.8 Å². The Hall–Kier alpha value is -0.260. The maximum atomic E-state index is 12.5. The van der Waals surface area contributed by atoms with Gasteiger partial charge in [0.1, 0.15) is 0 Å². The van der Waals surface area contributed by atoms with Gasteiger partial charge in [-0.2, -0.15) is 8.78 Å². The number of hydrogen-bond donors (Lipinski definition) is 0. The molecule has 0 aliphatic rings. The lowest BCUT2D eigenvalue weighted by Crippen LogP contribution is -2.43. The van der Waals surface area contributed by atoms with Crippen LogP contribution in [0.3, 0.4) is 0 Å². The third-order valence-corrected chi connectivity index (χ3v) is 3.86. The highest BCUT2D eigenvalue weighted by atomic mass is 32.2. The van der Waals surface area contributed by atoms with Gasteiger partial charge in [-0.3, -0.25) is 0 Å². The van der Waals surface area contributed by atoms with Crippen molar-refractivity contribution in [2.24, 2.45) is 0 Å². The second kappa shape index (κ2) is 2.90. The van der Waals surface area contributed by atoms with Gasteiger partial charge in [-0.25, -0.2) is 12.8 Å². The van der Waals surface area contributed by atoms with Crippen LogP contribution >= 0.6 is 0 Å². The van der Waals surface area contributed by atoms with Gasteiger partial charge in [-0.15, -0.1) is 0 Å². The summed E-state index contributed by atoms with van der Waals surface area (Å²) in [7, 11) is -4.73. The molecule has 2 nitrogen and oxygen atoms in total. The molecule has 0 saturated heterocycles. The standard InChI is InChI=1S/C6H11F3O2S/c1-5(2,3)12(10,11)6(8,9)4-7/h4H2,1-3H3. The minimum absolute atomic E-state index is 1.10. The van der Waals surface area contributed by atoms with E-state index in [-0.39, 0.29) is 0 Å². The first-order valence-electron chi connectivity index (χ1n) is 3.24. The molecule has 0 heterocycles. The molecule has 0 N–H and O–H groups in total. The number of sulfone groups is 1. The zero-order valence-electron chi connectivity index (χ0n) is 7.07. The summed E-state index contributed by atoms with van der Waals surface area (Å²) in [6.45, 7) is 1.14. The Labute approximate surface area is 69.7 Å². The van der Waals surface area contributed by atoms with Crippen molar-refractivity contribution < 1.29 is 21.6 Å². The second-order valence-electron chi connectivity index (χ2n) is 3.39. The molecule has 0 aromatic heterocycles. The van der Waals surface area contributed by atoms with E-state index in [2.05, 4.69) is 0 Å². The average Bonchev–Trinajstić information content (AvgIpc) is 1.85. The summed E-state index contributed by atoms with van der Waals surface area (Å²) < 4.78 is 56.8. The van der Waals surface area contributed by atoms with Crippen LogP contribution < -0.4 is 0 Å². The first-order valence-corrected chi connectivity index (χ1v) is 4.72. The maximum absolute atomic E-state index is 12.5. The van der Waals surface area contributed by atoms with Gasteiger partial charge in [-0.05, 0) is 20.8 Å². The van der Waals surface area contributed by atoms with E-state index >= 15 is 0 Å². The minimum Gasteiger partial charge on any atom is -0.243 e. The summed E-state index contributed by atoms with van der Waals surface area (Å²) in [6, 6.07) is 0. The Morgan fingerprint density at radius 1 is 1.17 bits per heavy atom. The number of rotatable bonds is 2. The molecule has 12 heavy (non-hydrogen) atoms. The molecule has 0 aliphatic carbocycles. The molecule has 0 amide bonds. The predicted molar refractivity (Wildman–Crippen MR) is 39.6 cm³/mol. The zero-order chi connectivity index (χ0) is 10.2. The normalized spacial score (nSPS) is 14.8. The van der Waals surface area contributed by atoms with E-state index in [4.69, 9.17) is 0 Å². The summed E-state index contributed by atoms with van der Waals surface area (Å²) in [4.78, 5) is 0. The third-order valence-electron chi connectivity index (χ3n) is 1.35. The lowest BCUT2D eigenvalue weighted by atomic mass is 10.3. The first kappa shape index (κ1) is 11.7. The number of halogens is 3. The maximum Gasteiger partial charge on any atom is 0.373 e. The molecule has 6 heteroatoms. The Morgan fingerprint density at radius 2 is 1.50 bits per heavy atom. The van der Waals surface area contributed by atoms with E-state index in [1.165, 1.54) is 0 Å². The van der Waals surface area contributed by atoms with Gasteiger partial charge in [0, 0.05) is 0 Å². The SMILES string of the molecule is CC(C)(C)S(=O)(=O)C(F)(F)CF. The van der Waals surface area contributed by atoms with Crippen LogP contribution in [0.2, 0.25) is 0 Å². The molecule has 0 unspecified atom stereocenters. The Bertz CT molecular complexity index is 250. The van der Waals surface area contributed by atoms with Gasteiger partial charge in [0.25, 0.3) is 0 Å². The van der Waals surface area contributed by atoms with Crippen LogP contribution in [0.15, 0.2) is 0 Å². The quantitative estimate of drug-likeness (QED) is 0.686.